The Morgan fingerprint density at radius 1 is 1.10 bits per heavy atom. The van der Waals surface area contributed by atoms with Crippen molar-refractivity contribution < 1.29 is 4.79 Å². The second-order valence-corrected chi connectivity index (χ2v) is 7.90. The van der Waals surface area contributed by atoms with Crippen LogP contribution in [0.4, 0.5) is 0 Å². The minimum Gasteiger partial charge on any atom is -0.339 e. The van der Waals surface area contributed by atoms with E-state index in [1.807, 2.05) is 23.1 Å². The van der Waals surface area contributed by atoms with Crippen LogP contribution >= 0.6 is 0 Å². The zero-order chi connectivity index (χ0) is 21.1. The predicted octanol–water partition coefficient (Wildman–Crippen LogP) is 3.26. The first-order valence-corrected chi connectivity index (χ1v) is 10.7. The lowest BCUT2D eigenvalue weighted by Gasteiger charge is -2.32. The summed E-state index contributed by atoms with van der Waals surface area (Å²) in [6.45, 7) is 3.18. The van der Waals surface area contributed by atoms with Crippen molar-refractivity contribution in [1.82, 2.24) is 14.5 Å². The van der Waals surface area contributed by atoms with Crippen LogP contribution in [0.15, 0.2) is 64.2 Å². The summed E-state index contributed by atoms with van der Waals surface area (Å²) in [6.07, 6.45) is 3.21. The molecule has 6 heteroatoms. The highest BCUT2D eigenvalue weighted by Crippen LogP contribution is 2.34. The van der Waals surface area contributed by atoms with E-state index >= 15 is 0 Å². The van der Waals surface area contributed by atoms with Crippen molar-refractivity contribution >= 4 is 16.8 Å². The van der Waals surface area contributed by atoms with Crippen molar-refractivity contribution in [3.05, 3.63) is 81.0 Å². The third-order valence-corrected chi connectivity index (χ3v) is 6.21. The van der Waals surface area contributed by atoms with E-state index < -0.39 is 11.2 Å². The van der Waals surface area contributed by atoms with Gasteiger partial charge in [0.2, 0.25) is 5.91 Å². The Kier molecular flexibility index (Phi) is 5.84. The average molecular weight is 405 g/mol. The smallest absolute Gasteiger partial charge is 0.328 e. The normalized spacial score (nSPS) is 17.4. The molecule has 2 aromatic carbocycles. The van der Waals surface area contributed by atoms with Gasteiger partial charge in [-0.3, -0.25) is 19.1 Å². The molecule has 156 valence electrons. The number of amides is 1. The molecule has 3 aromatic rings. The molecule has 0 spiro atoms. The Morgan fingerprint density at radius 2 is 1.83 bits per heavy atom. The van der Waals surface area contributed by atoms with Gasteiger partial charge in [0.1, 0.15) is 0 Å². The minimum atomic E-state index is -0.472. The van der Waals surface area contributed by atoms with E-state index in [1.165, 1.54) is 10.1 Å². The highest BCUT2D eigenvalue weighted by Gasteiger charge is 2.34. The lowest BCUT2D eigenvalue weighted by Crippen LogP contribution is -2.40. The second kappa shape index (κ2) is 8.69. The summed E-state index contributed by atoms with van der Waals surface area (Å²) < 4.78 is 1.49. The number of H-pyrrole nitrogens is 1. The summed E-state index contributed by atoms with van der Waals surface area (Å²) >= 11 is 0. The first-order chi connectivity index (χ1) is 14.6. The number of carbonyl (C=O) groups is 1. The van der Waals surface area contributed by atoms with Gasteiger partial charge in [0.25, 0.3) is 5.56 Å². The summed E-state index contributed by atoms with van der Waals surface area (Å²) in [5.74, 6) is 0.378. The van der Waals surface area contributed by atoms with Crippen LogP contribution in [0.5, 0.6) is 0 Å². The molecule has 1 amide bonds. The van der Waals surface area contributed by atoms with Gasteiger partial charge in [-0.1, -0.05) is 49.4 Å². The van der Waals surface area contributed by atoms with Gasteiger partial charge in [-0.15, -0.1) is 0 Å². The highest BCUT2D eigenvalue weighted by atomic mass is 16.2. The quantitative estimate of drug-likeness (QED) is 0.684. The van der Waals surface area contributed by atoms with Crippen LogP contribution in [0, 0.1) is 0 Å². The van der Waals surface area contributed by atoms with Crippen molar-refractivity contribution in [2.24, 2.45) is 0 Å². The number of aromatic nitrogens is 2. The molecule has 1 fully saturated rings. The van der Waals surface area contributed by atoms with Crippen LogP contribution in [0.1, 0.15) is 44.1 Å². The molecule has 2 atom stereocenters. The van der Waals surface area contributed by atoms with Gasteiger partial charge in [0.15, 0.2) is 0 Å². The molecule has 4 rings (SSSR count). The predicted molar refractivity (Wildman–Crippen MR) is 118 cm³/mol. The average Bonchev–Trinajstić information content (AvgIpc) is 3.24. The molecule has 0 aliphatic carbocycles. The number of fused-ring (bicyclic) bond motifs is 1. The van der Waals surface area contributed by atoms with E-state index in [0.29, 0.717) is 16.8 Å². The Hall–Kier alpha value is -3.15. The number of para-hydroxylation sites is 1. The summed E-state index contributed by atoms with van der Waals surface area (Å²) in [5, 5.41) is 0.457. The van der Waals surface area contributed by atoms with E-state index in [1.54, 1.807) is 24.3 Å². The lowest BCUT2D eigenvalue weighted by atomic mass is 9.87. The zero-order valence-corrected chi connectivity index (χ0v) is 17.2. The fourth-order valence-corrected chi connectivity index (χ4v) is 4.77. The maximum absolute atomic E-state index is 13.1. The van der Waals surface area contributed by atoms with Crippen molar-refractivity contribution in [1.29, 1.82) is 0 Å². The highest BCUT2D eigenvalue weighted by molar-refractivity contribution is 5.79. The number of carbonyl (C=O) groups excluding carboxylic acids is 1. The molecular formula is C24H27N3O3. The monoisotopic (exact) mass is 405 g/mol. The molecule has 0 bridgehead atoms. The molecule has 6 nitrogen and oxygen atoms in total. The van der Waals surface area contributed by atoms with Gasteiger partial charge >= 0.3 is 5.69 Å². The van der Waals surface area contributed by atoms with Crippen LogP contribution in [-0.4, -0.2) is 32.9 Å². The maximum Gasteiger partial charge on any atom is 0.328 e. The van der Waals surface area contributed by atoms with Gasteiger partial charge in [-0.2, -0.15) is 0 Å². The number of aromatic amines is 1. The van der Waals surface area contributed by atoms with Crippen LogP contribution in [0.25, 0.3) is 10.9 Å². The largest absolute Gasteiger partial charge is 0.339 e. The van der Waals surface area contributed by atoms with Crippen LogP contribution in [-0.2, 0) is 11.3 Å². The number of benzene rings is 2. The SMILES string of the molecule is CC[C@@H](c1ccccc1)[C@H]1CCCN1C(=O)CCn1c(=O)[nH]c(=O)c2ccccc21. The van der Waals surface area contributed by atoms with E-state index in [2.05, 4.69) is 24.0 Å². The van der Waals surface area contributed by atoms with Gasteiger partial charge in [-0.05, 0) is 37.0 Å². The second-order valence-electron chi connectivity index (χ2n) is 7.90. The fourth-order valence-electron chi connectivity index (χ4n) is 4.77. The summed E-state index contributed by atoms with van der Waals surface area (Å²) in [7, 11) is 0. The molecule has 1 aliphatic rings. The van der Waals surface area contributed by atoms with Crippen molar-refractivity contribution in [2.75, 3.05) is 6.54 Å². The number of rotatable bonds is 6. The van der Waals surface area contributed by atoms with Gasteiger partial charge in [0.05, 0.1) is 10.9 Å². The lowest BCUT2D eigenvalue weighted by molar-refractivity contribution is -0.132. The molecule has 1 saturated heterocycles. The van der Waals surface area contributed by atoms with E-state index in [0.717, 1.165) is 25.8 Å². The third kappa shape index (κ3) is 3.82. The van der Waals surface area contributed by atoms with Gasteiger partial charge < -0.3 is 4.90 Å². The number of hydrogen-bond acceptors (Lipinski definition) is 3. The molecule has 0 saturated carbocycles. The number of nitrogens with zero attached hydrogens (tertiary/aromatic N) is 2. The molecular weight excluding hydrogens is 378 g/mol. The van der Waals surface area contributed by atoms with E-state index in [4.69, 9.17) is 0 Å². The summed E-state index contributed by atoms with van der Waals surface area (Å²) in [5.41, 5.74) is 0.965. The van der Waals surface area contributed by atoms with Crippen molar-refractivity contribution in [3.8, 4) is 0 Å². The number of hydrogen-bond donors (Lipinski definition) is 1. The van der Waals surface area contributed by atoms with Crippen LogP contribution in [0.3, 0.4) is 0 Å². The fraction of sp³-hybridized carbons (Fsp3) is 0.375. The first kappa shape index (κ1) is 20.1. The standard InChI is InChI=1S/C24H27N3O3/c1-2-18(17-9-4-3-5-10-17)20-13-8-15-26(20)22(28)14-16-27-21-12-7-6-11-19(21)23(29)25-24(27)30/h3-7,9-12,18,20H,2,8,13-16H2,1H3,(H,25,29,30)/t18-,20+/m0/s1. The molecule has 1 aromatic heterocycles. The first-order valence-electron chi connectivity index (χ1n) is 10.7. The molecule has 1 N–H and O–H groups in total. The Bertz CT molecular complexity index is 1150. The molecule has 0 radical (unpaired) electrons. The van der Waals surface area contributed by atoms with Crippen molar-refractivity contribution in [3.63, 3.8) is 0 Å². The number of likely N-dealkylation sites (tertiary alicyclic amines) is 1. The molecule has 30 heavy (non-hydrogen) atoms. The molecule has 2 heterocycles. The topological polar surface area (TPSA) is 75.2 Å². The third-order valence-electron chi connectivity index (χ3n) is 6.21. The maximum atomic E-state index is 13.1. The Balaban J connectivity index is 1.54. The number of aryl methyl sites for hydroxylation is 1. The Labute approximate surface area is 175 Å². The molecule has 0 unspecified atom stereocenters. The van der Waals surface area contributed by atoms with Crippen LogP contribution < -0.4 is 11.2 Å². The summed E-state index contributed by atoms with van der Waals surface area (Å²) in [4.78, 5) is 41.9. The van der Waals surface area contributed by atoms with Gasteiger partial charge in [0, 0.05) is 31.5 Å². The summed E-state index contributed by atoms with van der Waals surface area (Å²) in [6, 6.07) is 17.6. The van der Waals surface area contributed by atoms with Gasteiger partial charge in [-0.25, -0.2) is 4.79 Å². The van der Waals surface area contributed by atoms with Crippen LogP contribution in [0.2, 0.25) is 0 Å². The number of nitrogens with one attached hydrogen (secondary N) is 1. The zero-order valence-electron chi connectivity index (χ0n) is 17.2. The van der Waals surface area contributed by atoms with E-state index in [9.17, 15) is 14.4 Å². The van der Waals surface area contributed by atoms with Crippen molar-refractivity contribution in [2.45, 2.75) is 51.1 Å². The minimum absolute atomic E-state index is 0.0639. The molecule has 1 aliphatic heterocycles. The van der Waals surface area contributed by atoms with E-state index in [-0.39, 0.29) is 24.9 Å². The Morgan fingerprint density at radius 3 is 2.60 bits per heavy atom.